The average Bonchev–Trinajstić information content (AvgIpc) is 2.41. The minimum atomic E-state index is -2.19. The second-order valence-corrected chi connectivity index (χ2v) is 5.54. The lowest BCUT2D eigenvalue weighted by atomic mass is 10.4. The standard InChI is InChI=1S/C6H4ClNO2S3/c1-11-6-3(2-8)4(13(9)10)5(7)12-6/h1H3,(H,9,10). The smallest absolute Gasteiger partial charge is 0.190 e. The molecule has 0 spiro atoms. The Kier molecular flexibility index (Phi) is 3.76. The summed E-state index contributed by atoms with van der Waals surface area (Å²) in [7, 11) is 0. The van der Waals surface area contributed by atoms with Crippen LogP contribution in [-0.4, -0.2) is 15.0 Å². The van der Waals surface area contributed by atoms with Crippen LogP contribution in [0.4, 0.5) is 0 Å². The van der Waals surface area contributed by atoms with Gasteiger partial charge in [-0.1, -0.05) is 11.6 Å². The van der Waals surface area contributed by atoms with Crippen molar-refractivity contribution in [2.45, 2.75) is 9.10 Å². The Bertz CT molecular complexity index is 395. The second kappa shape index (κ2) is 4.44. The molecule has 1 aromatic rings. The molecule has 0 aliphatic rings. The number of thioether (sulfide) groups is 1. The van der Waals surface area contributed by atoms with E-state index in [-0.39, 0.29) is 14.8 Å². The normalized spacial score (nSPS) is 12.5. The molecule has 7 heteroatoms. The molecule has 1 N–H and O–H groups in total. The molecule has 1 unspecified atom stereocenters. The zero-order chi connectivity index (χ0) is 10.0. The Balaban J connectivity index is 3.42. The summed E-state index contributed by atoms with van der Waals surface area (Å²) in [5.74, 6) is 0. The molecule has 0 saturated heterocycles. The van der Waals surface area contributed by atoms with Crippen molar-refractivity contribution in [3.8, 4) is 6.07 Å². The number of hydrogen-bond donors (Lipinski definition) is 1. The summed E-state index contributed by atoms with van der Waals surface area (Å²) < 4.78 is 20.5. The van der Waals surface area contributed by atoms with Crippen molar-refractivity contribution in [2.75, 3.05) is 6.26 Å². The van der Waals surface area contributed by atoms with E-state index in [9.17, 15) is 4.21 Å². The Labute approximate surface area is 91.0 Å². The van der Waals surface area contributed by atoms with Crippen molar-refractivity contribution >= 4 is 45.8 Å². The largest absolute Gasteiger partial charge is 0.302 e. The molecule has 1 aromatic heterocycles. The monoisotopic (exact) mass is 253 g/mol. The molecule has 3 nitrogen and oxygen atoms in total. The molecule has 0 aromatic carbocycles. The average molecular weight is 254 g/mol. The number of nitrogens with zero attached hydrogens (tertiary/aromatic N) is 1. The number of thiophene rings is 1. The van der Waals surface area contributed by atoms with Crippen LogP contribution in [0.1, 0.15) is 5.56 Å². The highest BCUT2D eigenvalue weighted by Gasteiger charge is 2.20. The Morgan fingerprint density at radius 3 is 2.77 bits per heavy atom. The quantitative estimate of drug-likeness (QED) is 0.650. The van der Waals surface area contributed by atoms with Gasteiger partial charge in [-0.3, -0.25) is 0 Å². The molecule has 0 aliphatic heterocycles. The van der Waals surface area contributed by atoms with Crippen LogP contribution in [0.15, 0.2) is 9.10 Å². The van der Waals surface area contributed by atoms with Crippen LogP contribution in [0.25, 0.3) is 0 Å². The molecule has 1 rings (SSSR count). The summed E-state index contributed by atoms with van der Waals surface area (Å²) in [5, 5.41) is 8.73. The minimum Gasteiger partial charge on any atom is -0.302 e. The molecule has 0 amide bonds. The summed E-state index contributed by atoms with van der Waals surface area (Å²) >= 11 is 6.00. The SMILES string of the molecule is CSc1sc(Cl)c(S(=O)O)c1C#N. The van der Waals surface area contributed by atoms with Gasteiger partial charge in [0.2, 0.25) is 0 Å². The Morgan fingerprint density at radius 2 is 2.38 bits per heavy atom. The van der Waals surface area contributed by atoms with E-state index in [1.165, 1.54) is 11.8 Å². The fourth-order valence-corrected chi connectivity index (χ4v) is 3.90. The van der Waals surface area contributed by atoms with Gasteiger partial charge in [-0.2, -0.15) is 5.26 Å². The third-order valence-electron chi connectivity index (χ3n) is 1.26. The first-order valence-corrected chi connectivity index (χ1v) is 6.51. The minimum absolute atomic E-state index is 0.0264. The van der Waals surface area contributed by atoms with Gasteiger partial charge in [-0.15, -0.1) is 23.1 Å². The number of hydrogen-bond acceptors (Lipinski definition) is 4. The van der Waals surface area contributed by atoms with Gasteiger partial charge >= 0.3 is 0 Å². The van der Waals surface area contributed by atoms with E-state index in [1.54, 1.807) is 6.26 Å². The van der Waals surface area contributed by atoms with E-state index in [2.05, 4.69) is 0 Å². The molecule has 0 fully saturated rings. The van der Waals surface area contributed by atoms with E-state index in [0.717, 1.165) is 11.3 Å². The first kappa shape index (κ1) is 11.0. The zero-order valence-corrected chi connectivity index (χ0v) is 9.61. The third-order valence-corrected chi connectivity index (χ3v) is 4.78. The maximum Gasteiger partial charge on any atom is 0.190 e. The highest BCUT2D eigenvalue weighted by Crippen LogP contribution is 2.39. The van der Waals surface area contributed by atoms with Gasteiger partial charge in [0, 0.05) is 0 Å². The van der Waals surface area contributed by atoms with Crippen LogP contribution in [-0.2, 0) is 11.1 Å². The summed E-state index contributed by atoms with van der Waals surface area (Å²) in [6, 6.07) is 1.87. The van der Waals surface area contributed by atoms with E-state index in [4.69, 9.17) is 21.4 Å². The van der Waals surface area contributed by atoms with Gasteiger partial charge in [0.25, 0.3) is 0 Å². The maximum atomic E-state index is 10.8. The lowest BCUT2D eigenvalue weighted by molar-refractivity contribution is 0.564. The van der Waals surface area contributed by atoms with Crippen molar-refractivity contribution in [3.63, 3.8) is 0 Å². The van der Waals surface area contributed by atoms with Crippen LogP contribution < -0.4 is 0 Å². The summed E-state index contributed by atoms with van der Waals surface area (Å²) in [5.41, 5.74) is 0.211. The predicted octanol–water partition coefficient (Wildman–Crippen LogP) is 2.58. The molecule has 13 heavy (non-hydrogen) atoms. The first-order chi connectivity index (χ1) is 6.11. The van der Waals surface area contributed by atoms with E-state index in [0.29, 0.717) is 4.21 Å². The Hall–Kier alpha value is -0.0600. The zero-order valence-electron chi connectivity index (χ0n) is 6.41. The van der Waals surface area contributed by atoms with Gasteiger partial charge in [-0.05, 0) is 6.26 Å². The molecule has 0 aliphatic carbocycles. The summed E-state index contributed by atoms with van der Waals surface area (Å²) in [6.07, 6.45) is 1.78. The Morgan fingerprint density at radius 1 is 1.77 bits per heavy atom. The lowest BCUT2D eigenvalue weighted by Crippen LogP contribution is -1.89. The first-order valence-electron chi connectivity index (χ1n) is 2.99. The van der Waals surface area contributed by atoms with Crippen LogP contribution in [0.5, 0.6) is 0 Å². The molecule has 0 bridgehead atoms. The molecular weight excluding hydrogens is 250 g/mol. The van der Waals surface area contributed by atoms with Crippen molar-refractivity contribution in [3.05, 3.63) is 9.90 Å². The van der Waals surface area contributed by atoms with Crippen LogP contribution >= 0.6 is 34.7 Å². The van der Waals surface area contributed by atoms with Gasteiger partial charge in [-0.25, -0.2) is 4.21 Å². The number of nitriles is 1. The molecule has 0 radical (unpaired) electrons. The fourth-order valence-electron chi connectivity index (χ4n) is 0.766. The van der Waals surface area contributed by atoms with Crippen molar-refractivity contribution in [1.82, 2.24) is 0 Å². The molecule has 1 atom stereocenters. The highest BCUT2D eigenvalue weighted by atomic mass is 35.5. The van der Waals surface area contributed by atoms with Crippen LogP contribution in [0.2, 0.25) is 4.34 Å². The van der Waals surface area contributed by atoms with E-state index < -0.39 is 11.1 Å². The molecule has 1 heterocycles. The van der Waals surface area contributed by atoms with Gasteiger partial charge < -0.3 is 4.55 Å². The fraction of sp³-hybridized carbons (Fsp3) is 0.167. The van der Waals surface area contributed by atoms with E-state index in [1.807, 2.05) is 6.07 Å². The molecule has 0 saturated carbocycles. The van der Waals surface area contributed by atoms with Crippen molar-refractivity contribution < 1.29 is 8.76 Å². The lowest BCUT2D eigenvalue weighted by Gasteiger charge is -1.91. The predicted molar refractivity (Wildman–Crippen MR) is 54.9 cm³/mol. The van der Waals surface area contributed by atoms with Gasteiger partial charge in [0.05, 0.1) is 9.77 Å². The maximum absolute atomic E-state index is 10.8. The van der Waals surface area contributed by atoms with Crippen molar-refractivity contribution in [1.29, 1.82) is 5.26 Å². The van der Waals surface area contributed by atoms with Gasteiger partial charge in [0.15, 0.2) is 11.1 Å². The third kappa shape index (κ3) is 2.06. The highest BCUT2D eigenvalue weighted by molar-refractivity contribution is 8.00. The van der Waals surface area contributed by atoms with E-state index >= 15 is 0 Å². The van der Waals surface area contributed by atoms with Crippen LogP contribution in [0.3, 0.4) is 0 Å². The number of rotatable bonds is 2. The molecular formula is C6H4ClNO2S3. The van der Waals surface area contributed by atoms with Gasteiger partial charge in [0.1, 0.15) is 15.3 Å². The second-order valence-electron chi connectivity index (χ2n) is 1.93. The topological polar surface area (TPSA) is 61.1 Å². The van der Waals surface area contributed by atoms with Crippen molar-refractivity contribution in [2.24, 2.45) is 0 Å². The summed E-state index contributed by atoms with van der Waals surface area (Å²) in [6.45, 7) is 0. The summed E-state index contributed by atoms with van der Waals surface area (Å²) in [4.78, 5) is 0.0264. The molecule has 70 valence electrons. The van der Waals surface area contributed by atoms with Crippen LogP contribution in [0, 0.1) is 11.3 Å². The number of halogens is 1.